The van der Waals surface area contributed by atoms with Crippen LogP contribution in [0.3, 0.4) is 0 Å². The summed E-state index contributed by atoms with van der Waals surface area (Å²) in [5.74, 6) is -0.240. The Bertz CT molecular complexity index is 806. The Labute approximate surface area is 167 Å². The molecule has 2 aromatic carbocycles. The summed E-state index contributed by atoms with van der Waals surface area (Å²) in [6.45, 7) is 4.14. The lowest BCUT2D eigenvalue weighted by Crippen LogP contribution is -2.51. The molecule has 2 aliphatic rings. The second-order valence-electron chi connectivity index (χ2n) is 7.96. The number of nitrogens with one attached hydrogen (secondary N) is 2. The molecule has 4 N–H and O–H groups in total. The molecule has 0 spiro atoms. The average molecular weight is 379 g/mol. The predicted octanol–water partition coefficient (Wildman–Crippen LogP) is 3.36. The van der Waals surface area contributed by atoms with Crippen LogP contribution in [0.25, 0.3) is 11.1 Å². The molecule has 1 amide bonds. The van der Waals surface area contributed by atoms with Gasteiger partial charge in [-0.2, -0.15) is 0 Å². The van der Waals surface area contributed by atoms with Gasteiger partial charge in [0.2, 0.25) is 5.91 Å². The highest BCUT2D eigenvalue weighted by Crippen LogP contribution is 2.36. The van der Waals surface area contributed by atoms with Crippen molar-refractivity contribution in [2.75, 3.05) is 36.4 Å². The van der Waals surface area contributed by atoms with Gasteiger partial charge in [0.25, 0.3) is 0 Å². The van der Waals surface area contributed by atoms with E-state index < -0.39 is 5.54 Å². The maximum atomic E-state index is 12.3. The summed E-state index contributed by atoms with van der Waals surface area (Å²) in [6.07, 6.45) is 4.86. The van der Waals surface area contributed by atoms with Gasteiger partial charge in [-0.3, -0.25) is 4.79 Å². The van der Waals surface area contributed by atoms with Crippen molar-refractivity contribution in [2.45, 2.75) is 37.6 Å². The topological polar surface area (TPSA) is 70.4 Å². The third-order valence-corrected chi connectivity index (χ3v) is 6.14. The van der Waals surface area contributed by atoms with Gasteiger partial charge < -0.3 is 21.3 Å². The van der Waals surface area contributed by atoms with Gasteiger partial charge in [0.05, 0.1) is 0 Å². The Morgan fingerprint density at radius 3 is 2.32 bits per heavy atom. The van der Waals surface area contributed by atoms with E-state index in [2.05, 4.69) is 51.9 Å². The molecule has 0 radical (unpaired) electrons. The zero-order valence-electron chi connectivity index (χ0n) is 16.4. The van der Waals surface area contributed by atoms with Crippen LogP contribution >= 0.6 is 0 Å². The second-order valence-corrected chi connectivity index (χ2v) is 7.96. The van der Waals surface area contributed by atoms with Crippen LogP contribution in [0.2, 0.25) is 0 Å². The Morgan fingerprint density at radius 2 is 1.64 bits per heavy atom. The van der Waals surface area contributed by atoms with E-state index in [0.717, 1.165) is 68.7 Å². The van der Waals surface area contributed by atoms with Crippen LogP contribution in [-0.2, 0) is 4.79 Å². The SMILES string of the molecule is NC(=O)C1(Nc2ccccc2-c2ccc(N3CCNCC3)cc2)CCCCC1. The summed E-state index contributed by atoms with van der Waals surface area (Å²) in [4.78, 5) is 14.7. The van der Waals surface area contributed by atoms with Crippen LogP contribution in [0.5, 0.6) is 0 Å². The Hall–Kier alpha value is -2.53. The van der Waals surface area contributed by atoms with Crippen molar-refractivity contribution in [3.8, 4) is 11.1 Å². The number of benzene rings is 2. The van der Waals surface area contributed by atoms with Gasteiger partial charge in [0.1, 0.15) is 5.54 Å². The molecule has 0 atom stereocenters. The quantitative estimate of drug-likeness (QED) is 0.746. The first-order chi connectivity index (χ1) is 13.7. The van der Waals surface area contributed by atoms with E-state index in [4.69, 9.17) is 5.73 Å². The van der Waals surface area contributed by atoms with Gasteiger partial charge in [-0.1, -0.05) is 49.6 Å². The number of nitrogens with two attached hydrogens (primary N) is 1. The smallest absolute Gasteiger partial charge is 0.243 e. The molecule has 28 heavy (non-hydrogen) atoms. The first-order valence-corrected chi connectivity index (χ1v) is 10.4. The molecule has 0 bridgehead atoms. The van der Waals surface area contributed by atoms with Crippen molar-refractivity contribution >= 4 is 17.3 Å². The van der Waals surface area contributed by atoms with Crippen molar-refractivity contribution in [2.24, 2.45) is 5.73 Å². The summed E-state index contributed by atoms with van der Waals surface area (Å²) in [6, 6.07) is 17.0. The summed E-state index contributed by atoms with van der Waals surface area (Å²) in [5.41, 5.74) is 9.71. The Morgan fingerprint density at radius 1 is 0.964 bits per heavy atom. The molecule has 5 nitrogen and oxygen atoms in total. The van der Waals surface area contributed by atoms with Gasteiger partial charge in [-0.15, -0.1) is 0 Å². The van der Waals surface area contributed by atoms with Crippen LogP contribution < -0.4 is 21.3 Å². The zero-order valence-corrected chi connectivity index (χ0v) is 16.4. The van der Waals surface area contributed by atoms with Crippen molar-refractivity contribution in [1.82, 2.24) is 5.32 Å². The molecule has 1 heterocycles. The monoisotopic (exact) mass is 378 g/mol. The fourth-order valence-corrected chi connectivity index (χ4v) is 4.46. The van der Waals surface area contributed by atoms with E-state index in [-0.39, 0.29) is 5.91 Å². The molecule has 1 aliphatic heterocycles. The number of anilines is 2. The van der Waals surface area contributed by atoms with E-state index >= 15 is 0 Å². The number of para-hydroxylation sites is 1. The maximum Gasteiger partial charge on any atom is 0.243 e. The average Bonchev–Trinajstić information content (AvgIpc) is 2.75. The summed E-state index contributed by atoms with van der Waals surface area (Å²) < 4.78 is 0. The third kappa shape index (κ3) is 3.85. The van der Waals surface area contributed by atoms with Gasteiger partial charge in [0, 0.05) is 43.1 Å². The van der Waals surface area contributed by atoms with Crippen LogP contribution in [0.15, 0.2) is 48.5 Å². The van der Waals surface area contributed by atoms with Gasteiger partial charge in [-0.05, 0) is 36.6 Å². The molecule has 2 aromatic rings. The minimum atomic E-state index is -0.630. The van der Waals surface area contributed by atoms with E-state index in [0.29, 0.717) is 0 Å². The van der Waals surface area contributed by atoms with Gasteiger partial charge in [0.15, 0.2) is 0 Å². The number of amides is 1. The van der Waals surface area contributed by atoms with Crippen molar-refractivity contribution < 1.29 is 4.79 Å². The minimum absolute atomic E-state index is 0.240. The Kier molecular flexibility index (Phi) is 5.53. The standard InChI is InChI=1S/C23H30N4O/c24-22(28)23(12-4-1-5-13-23)26-21-7-3-2-6-20(21)18-8-10-19(11-9-18)27-16-14-25-15-17-27/h2-3,6-11,25-26H,1,4-5,12-17H2,(H2,24,28). The highest BCUT2D eigenvalue weighted by Gasteiger charge is 2.38. The number of carbonyl (C=O) groups is 1. The largest absolute Gasteiger partial charge is 0.371 e. The van der Waals surface area contributed by atoms with Gasteiger partial charge >= 0.3 is 0 Å². The zero-order chi connectivity index (χ0) is 19.4. The fraction of sp³-hybridized carbons (Fsp3) is 0.435. The highest BCUT2D eigenvalue weighted by atomic mass is 16.1. The number of nitrogens with zero attached hydrogens (tertiary/aromatic N) is 1. The lowest BCUT2D eigenvalue weighted by molar-refractivity contribution is -0.123. The van der Waals surface area contributed by atoms with E-state index in [1.54, 1.807) is 0 Å². The first kappa shape index (κ1) is 18.8. The predicted molar refractivity (Wildman–Crippen MR) is 116 cm³/mol. The molecule has 148 valence electrons. The lowest BCUT2D eigenvalue weighted by atomic mass is 9.80. The molecule has 1 saturated heterocycles. The molecular formula is C23H30N4O. The number of primary amides is 1. The molecule has 4 rings (SSSR count). The number of piperazine rings is 1. The van der Waals surface area contributed by atoms with Gasteiger partial charge in [-0.25, -0.2) is 0 Å². The van der Waals surface area contributed by atoms with E-state index in [1.807, 2.05) is 12.1 Å². The summed E-state index contributed by atoms with van der Waals surface area (Å²) in [5, 5.41) is 6.94. The lowest BCUT2D eigenvalue weighted by Gasteiger charge is -2.36. The first-order valence-electron chi connectivity index (χ1n) is 10.4. The van der Waals surface area contributed by atoms with Crippen LogP contribution in [0, 0.1) is 0 Å². The molecule has 2 fully saturated rings. The summed E-state index contributed by atoms with van der Waals surface area (Å²) >= 11 is 0. The number of rotatable bonds is 5. The molecule has 5 heteroatoms. The molecule has 1 aliphatic carbocycles. The van der Waals surface area contributed by atoms with E-state index in [1.165, 1.54) is 12.1 Å². The van der Waals surface area contributed by atoms with E-state index in [9.17, 15) is 4.79 Å². The molecule has 0 aromatic heterocycles. The number of hydrogen-bond donors (Lipinski definition) is 3. The second kappa shape index (κ2) is 8.23. The maximum absolute atomic E-state index is 12.3. The normalized spacial score (nSPS) is 19.2. The van der Waals surface area contributed by atoms with Crippen LogP contribution in [-0.4, -0.2) is 37.6 Å². The number of carbonyl (C=O) groups excluding carboxylic acids is 1. The van der Waals surface area contributed by atoms with Crippen LogP contribution in [0.1, 0.15) is 32.1 Å². The summed E-state index contributed by atoms with van der Waals surface area (Å²) in [7, 11) is 0. The highest BCUT2D eigenvalue weighted by molar-refractivity contribution is 5.90. The minimum Gasteiger partial charge on any atom is -0.371 e. The number of hydrogen-bond acceptors (Lipinski definition) is 4. The van der Waals surface area contributed by atoms with Crippen LogP contribution in [0.4, 0.5) is 11.4 Å². The molecule has 0 unspecified atom stereocenters. The third-order valence-electron chi connectivity index (χ3n) is 6.14. The fourth-order valence-electron chi connectivity index (χ4n) is 4.46. The van der Waals surface area contributed by atoms with Crippen molar-refractivity contribution in [1.29, 1.82) is 0 Å². The molecular weight excluding hydrogens is 348 g/mol. The van der Waals surface area contributed by atoms with Crippen molar-refractivity contribution in [3.05, 3.63) is 48.5 Å². The Balaban J connectivity index is 1.59. The van der Waals surface area contributed by atoms with Crippen molar-refractivity contribution in [3.63, 3.8) is 0 Å². The molecule has 1 saturated carbocycles.